The Bertz CT molecular complexity index is 514. The Morgan fingerprint density at radius 2 is 2.15 bits per heavy atom. The van der Waals surface area contributed by atoms with Gasteiger partial charge in [0.05, 0.1) is 13.2 Å². The van der Waals surface area contributed by atoms with Crippen molar-refractivity contribution in [3.05, 3.63) is 53.0 Å². The smallest absolute Gasteiger partial charge is 0.262 e. The van der Waals surface area contributed by atoms with Gasteiger partial charge >= 0.3 is 0 Å². The number of benzene rings is 1. The van der Waals surface area contributed by atoms with Crippen molar-refractivity contribution in [1.29, 1.82) is 0 Å². The molecule has 4 nitrogen and oxygen atoms in total. The van der Waals surface area contributed by atoms with Crippen molar-refractivity contribution in [2.75, 3.05) is 13.2 Å². The Labute approximate surface area is 123 Å². The number of nitrogens with zero attached hydrogens (tertiary/aromatic N) is 1. The third-order valence-corrected chi connectivity index (χ3v) is 3.53. The van der Waals surface area contributed by atoms with E-state index >= 15 is 0 Å². The van der Waals surface area contributed by atoms with Crippen molar-refractivity contribution in [2.45, 2.75) is 13.5 Å². The molecule has 1 N–H and O–H groups in total. The van der Waals surface area contributed by atoms with Crippen molar-refractivity contribution in [3.8, 4) is 0 Å². The van der Waals surface area contributed by atoms with Crippen molar-refractivity contribution in [2.24, 2.45) is 5.92 Å². The molecule has 106 valence electrons. The largest absolute Gasteiger partial charge is 0.376 e. The van der Waals surface area contributed by atoms with Gasteiger partial charge in [-0.15, -0.1) is 0 Å². The normalized spacial score (nSPS) is 12.1. The Morgan fingerprint density at radius 3 is 2.85 bits per heavy atom. The van der Waals surface area contributed by atoms with E-state index in [1.807, 2.05) is 30.3 Å². The molecule has 1 aromatic heterocycles. The van der Waals surface area contributed by atoms with E-state index in [-0.39, 0.29) is 11.8 Å². The van der Waals surface area contributed by atoms with E-state index in [9.17, 15) is 4.79 Å². The molecular weight excluding hydrogens is 272 g/mol. The van der Waals surface area contributed by atoms with Gasteiger partial charge in [0.2, 0.25) is 0 Å². The predicted octanol–water partition coefficient (Wildman–Crippen LogP) is 2.73. The van der Waals surface area contributed by atoms with E-state index in [2.05, 4.69) is 16.6 Å². The number of aromatic nitrogens is 1. The fourth-order valence-corrected chi connectivity index (χ4v) is 2.21. The number of ether oxygens (including phenoxy) is 1. The molecular formula is C15H18N2O2S. The van der Waals surface area contributed by atoms with Crippen LogP contribution in [-0.2, 0) is 11.3 Å². The number of amides is 1. The van der Waals surface area contributed by atoms with Gasteiger partial charge in [0.1, 0.15) is 4.88 Å². The van der Waals surface area contributed by atoms with Crippen LogP contribution in [0.3, 0.4) is 0 Å². The van der Waals surface area contributed by atoms with Crippen LogP contribution in [0.1, 0.15) is 22.2 Å². The summed E-state index contributed by atoms with van der Waals surface area (Å²) in [4.78, 5) is 12.4. The van der Waals surface area contributed by atoms with Crippen LogP contribution in [0.2, 0.25) is 0 Å². The molecule has 0 spiro atoms. The highest BCUT2D eigenvalue weighted by Gasteiger charge is 2.09. The summed E-state index contributed by atoms with van der Waals surface area (Å²) < 4.78 is 9.55. The molecule has 1 amide bonds. The quantitative estimate of drug-likeness (QED) is 0.853. The van der Waals surface area contributed by atoms with Crippen LogP contribution in [0.25, 0.3) is 0 Å². The molecule has 2 aromatic rings. The standard InChI is InChI=1S/C15H18N2O2S/c1-12(9-16-15(18)14-7-8-17-20-14)10-19-11-13-5-3-2-4-6-13/h2-8,12H,9-11H2,1H3,(H,16,18). The van der Waals surface area contributed by atoms with Crippen molar-refractivity contribution in [3.63, 3.8) is 0 Å². The second kappa shape index (κ2) is 7.77. The summed E-state index contributed by atoms with van der Waals surface area (Å²) in [5.41, 5.74) is 1.16. The minimum absolute atomic E-state index is 0.0672. The zero-order chi connectivity index (χ0) is 14.2. The Hall–Kier alpha value is -1.72. The topological polar surface area (TPSA) is 51.2 Å². The van der Waals surface area contributed by atoms with E-state index in [1.165, 1.54) is 11.5 Å². The molecule has 1 aromatic carbocycles. The van der Waals surface area contributed by atoms with Crippen molar-refractivity contribution in [1.82, 2.24) is 9.69 Å². The summed E-state index contributed by atoms with van der Waals surface area (Å²) in [7, 11) is 0. The first-order valence-electron chi connectivity index (χ1n) is 6.56. The van der Waals surface area contributed by atoms with E-state index in [0.717, 1.165) is 5.56 Å². The van der Waals surface area contributed by atoms with Gasteiger partial charge < -0.3 is 10.1 Å². The third kappa shape index (κ3) is 4.75. The summed E-state index contributed by atoms with van der Waals surface area (Å²) in [6, 6.07) is 11.8. The van der Waals surface area contributed by atoms with E-state index in [1.54, 1.807) is 12.3 Å². The van der Waals surface area contributed by atoms with Gasteiger partial charge in [0.15, 0.2) is 0 Å². The van der Waals surface area contributed by atoms with Crippen LogP contribution in [0.4, 0.5) is 0 Å². The van der Waals surface area contributed by atoms with Gasteiger partial charge in [-0.3, -0.25) is 4.79 Å². The van der Waals surface area contributed by atoms with E-state index in [4.69, 9.17) is 4.74 Å². The minimum atomic E-state index is -0.0672. The Balaban J connectivity index is 1.63. The maximum absolute atomic E-state index is 11.7. The van der Waals surface area contributed by atoms with E-state index < -0.39 is 0 Å². The lowest BCUT2D eigenvalue weighted by atomic mass is 10.2. The maximum atomic E-state index is 11.7. The molecule has 0 aliphatic carbocycles. The number of carbonyl (C=O) groups is 1. The van der Waals surface area contributed by atoms with Gasteiger partial charge in [-0.1, -0.05) is 37.3 Å². The van der Waals surface area contributed by atoms with Crippen molar-refractivity contribution < 1.29 is 9.53 Å². The number of rotatable bonds is 7. The molecule has 0 radical (unpaired) electrons. The molecule has 0 bridgehead atoms. The van der Waals surface area contributed by atoms with Crippen LogP contribution in [0, 0.1) is 5.92 Å². The second-order valence-corrected chi connectivity index (χ2v) is 5.53. The highest BCUT2D eigenvalue weighted by atomic mass is 32.1. The SMILES string of the molecule is CC(CNC(=O)c1ccns1)COCc1ccccc1. The molecule has 1 unspecified atom stereocenters. The summed E-state index contributed by atoms with van der Waals surface area (Å²) >= 11 is 1.20. The molecule has 5 heteroatoms. The summed E-state index contributed by atoms with van der Waals surface area (Å²) in [5, 5.41) is 2.88. The number of hydrogen-bond donors (Lipinski definition) is 1. The lowest BCUT2D eigenvalue weighted by molar-refractivity contribution is 0.0845. The molecule has 0 saturated heterocycles. The number of hydrogen-bond acceptors (Lipinski definition) is 4. The van der Waals surface area contributed by atoms with Gasteiger partial charge in [-0.05, 0) is 29.1 Å². The highest BCUT2D eigenvalue weighted by Crippen LogP contribution is 2.05. The van der Waals surface area contributed by atoms with Gasteiger partial charge in [0.25, 0.3) is 5.91 Å². The van der Waals surface area contributed by atoms with Crippen LogP contribution in [0.5, 0.6) is 0 Å². The molecule has 2 rings (SSSR count). The molecule has 0 saturated carbocycles. The van der Waals surface area contributed by atoms with Crippen LogP contribution >= 0.6 is 11.5 Å². The summed E-state index contributed by atoms with van der Waals surface area (Å²) in [5.74, 6) is 0.206. The van der Waals surface area contributed by atoms with E-state index in [0.29, 0.717) is 24.6 Å². The molecule has 0 aliphatic heterocycles. The lowest BCUT2D eigenvalue weighted by Gasteiger charge is -2.12. The lowest BCUT2D eigenvalue weighted by Crippen LogP contribution is -2.29. The van der Waals surface area contributed by atoms with Crippen molar-refractivity contribution >= 4 is 17.4 Å². The molecule has 1 heterocycles. The van der Waals surface area contributed by atoms with Crippen LogP contribution in [0.15, 0.2) is 42.6 Å². The zero-order valence-corrected chi connectivity index (χ0v) is 12.2. The molecule has 20 heavy (non-hydrogen) atoms. The predicted molar refractivity (Wildman–Crippen MR) is 79.7 cm³/mol. The third-order valence-electron chi connectivity index (χ3n) is 2.79. The first-order chi connectivity index (χ1) is 9.75. The molecule has 1 atom stereocenters. The first-order valence-corrected chi connectivity index (χ1v) is 7.33. The Morgan fingerprint density at radius 1 is 1.35 bits per heavy atom. The van der Waals surface area contributed by atoms with Crippen LogP contribution in [-0.4, -0.2) is 23.4 Å². The monoisotopic (exact) mass is 290 g/mol. The average molecular weight is 290 g/mol. The van der Waals surface area contributed by atoms with Gasteiger partial charge in [-0.25, -0.2) is 4.37 Å². The molecule has 0 fully saturated rings. The highest BCUT2D eigenvalue weighted by molar-refractivity contribution is 7.08. The molecule has 0 aliphatic rings. The summed E-state index contributed by atoms with van der Waals surface area (Å²) in [6.07, 6.45) is 1.63. The number of nitrogens with one attached hydrogen (secondary N) is 1. The zero-order valence-electron chi connectivity index (χ0n) is 11.4. The average Bonchev–Trinajstić information content (AvgIpc) is 3.00. The first kappa shape index (κ1) is 14.7. The van der Waals surface area contributed by atoms with Gasteiger partial charge in [0, 0.05) is 12.7 Å². The number of carbonyl (C=O) groups excluding carboxylic acids is 1. The summed E-state index contributed by atoms with van der Waals surface area (Å²) in [6.45, 7) is 3.88. The second-order valence-electron chi connectivity index (χ2n) is 4.69. The van der Waals surface area contributed by atoms with Crippen LogP contribution < -0.4 is 5.32 Å². The maximum Gasteiger partial charge on any atom is 0.262 e. The van der Waals surface area contributed by atoms with Gasteiger partial charge in [-0.2, -0.15) is 0 Å². The minimum Gasteiger partial charge on any atom is -0.376 e. The fraction of sp³-hybridized carbons (Fsp3) is 0.333. The Kier molecular flexibility index (Phi) is 5.70. The fourth-order valence-electron chi connectivity index (χ4n) is 1.70.